The van der Waals surface area contributed by atoms with Crippen LogP contribution >= 0.6 is 0 Å². The van der Waals surface area contributed by atoms with Crippen LogP contribution in [-0.4, -0.2) is 29.2 Å². The van der Waals surface area contributed by atoms with Crippen LogP contribution in [0, 0.1) is 11.8 Å². The van der Waals surface area contributed by atoms with Crippen molar-refractivity contribution in [1.82, 2.24) is 5.32 Å². The van der Waals surface area contributed by atoms with E-state index in [4.69, 9.17) is 5.73 Å². The van der Waals surface area contributed by atoms with Crippen LogP contribution in [0.3, 0.4) is 0 Å². The lowest BCUT2D eigenvalue weighted by Gasteiger charge is -2.33. The van der Waals surface area contributed by atoms with E-state index in [1.165, 1.54) is 0 Å². The fourth-order valence-corrected chi connectivity index (χ4v) is 2.14. The normalized spacial score (nSPS) is 29.0. The molecule has 1 aliphatic rings. The summed E-state index contributed by atoms with van der Waals surface area (Å²) >= 11 is 0. The predicted molar refractivity (Wildman–Crippen MR) is 68.4 cm³/mol. The molecule has 0 aromatic rings. The maximum atomic E-state index is 11.0. The smallest absolute Gasteiger partial charge is 0.220 e. The fraction of sp³-hybridized carbons (Fsp3) is 0.923. The highest BCUT2D eigenvalue weighted by molar-refractivity contribution is 5.76. The van der Waals surface area contributed by atoms with Gasteiger partial charge in [0.25, 0.3) is 0 Å². The summed E-state index contributed by atoms with van der Waals surface area (Å²) in [6, 6.07) is 0.413. The number of aliphatic hydroxyl groups is 1. The molecule has 0 spiro atoms. The number of primary amides is 1. The Balaban J connectivity index is 2.29. The second-order valence-corrected chi connectivity index (χ2v) is 5.84. The van der Waals surface area contributed by atoms with Gasteiger partial charge in [-0.3, -0.25) is 4.79 Å². The molecule has 4 nitrogen and oxygen atoms in total. The minimum atomic E-state index is -0.666. The van der Waals surface area contributed by atoms with Gasteiger partial charge in [0.15, 0.2) is 0 Å². The SMILES string of the molecule is CC(C)C(C)(O)CNC1CCC(C(N)=O)CC1. The lowest BCUT2D eigenvalue weighted by atomic mass is 9.85. The summed E-state index contributed by atoms with van der Waals surface area (Å²) in [5.41, 5.74) is 4.63. The summed E-state index contributed by atoms with van der Waals surface area (Å²) in [7, 11) is 0. The average molecular weight is 242 g/mol. The van der Waals surface area contributed by atoms with Crippen LogP contribution in [0.25, 0.3) is 0 Å². The molecule has 1 unspecified atom stereocenters. The molecule has 1 saturated carbocycles. The number of carbonyl (C=O) groups excluding carboxylic acids is 1. The van der Waals surface area contributed by atoms with Crippen molar-refractivity contribution in [2.75, 3.05) is 6.54 Å². The zero-order chi connectivity index (χ0) is 13.1. The molecule has 0 saturated heterocycles. The summed E-state index contributed by atoms with van der Waals surface area (Å²) in [5.74, 6) is 0.119. The minimum Gasteiger partial charge on any atom is -0.389 e. The lowest BCUT2D eigenvalue weighted by molar-refractivity contribution is -0.122. The van der Waals surface area contributed by atoms with Crippen LogP contribution in [0.4, 0.5) is 0 Å². The van der Waals surface area contributed by atoms with E-state index in [-0.39, 0.29) is 17.7 Å². The largest absolute Gasteiger partial charge is 0.389 e. The van der Waals surface area contributed by atoms with Crippen molar-refractivity contribution in [2.45, 2.75) is 58.1 Å². The molecule has 1 atom stereocenters. The molecule has 0 aromatic heterocycles. The third-order valence-corrected chi connectivity index (χ3v) is 4.12. The van der Waals surface area contributed by atoms with Gasteiger partial charge in [0.05, 0.1) is 5.60 Å². The van der Waals surface area contributed by atoms with E-state index in [0.29, 0.717) is 12.6 Å². The molecule has 0 aliphatic heterocycles. The van der Waals surface area contributed by atoms with Gasteiger partial charge in [-0.2, -0.15) is 0 Å². The quantitative estimate of drug-likeness (QED) is 0.674. The Morgan fingerprint density at radius 1 is 1.41 bits per heavy atom. The summed E-state index contributed by atoms with van der Waals surface area (Å²) < 4.78 is 0. The van der Waals surface area contributed by atoms with Crippen LogP contribution in [0.15, 0.2) is 0 Å². The topological polar surface area (TPSA) is 75.3 Å². The van der Waals surface area contributed by atoms with E-state index in [1.54, 1.807) is 0 Å². The van der Waals surface area contributed by atoms with Crippen LogP contribution in [-0.2, 0) is 4.79 Å². The summed E-state index contributed by atoms with van der Waals surface area (Å²) in [6.07, 6.45) is 3.69. The first-order valence-corrected chi connectivity index (χ1v) is 6.58. The average Bonchev–Trinajstić information content (AvgIpc) is 2.27. The van der Waals surface area contributed by atoms with Gasteiger partial charge in [0.2, 0.25) is 5.91 Å². The standard InChI is InChI=1S/C13H26N2O2/c1-9(2)13(3,17)8-15-11-6-4-10(5-7-11)12(14)16/h9-11,15,17H,4-8H2,1-3H3,(H2,14,16). The number of nitrogens with two attached hydrogens (primary N) is 1. The van der Waals surface area contributed by atoms with E-state index in [9.17, 15) is 9.90 Å². The zero-order valence-corrected chi connectivity index (χ0v) is 11.2. The first-order valence-electron chi connectivity index (χ1n) is 6.58. The molecule has 1 rings (SSSR count). The predicted octanol–water partition coefficient (Wildman–Crippen LogP) is 1.03. The molecular formula is C13H26N2O2. The zero-order valence-electron chi connectivity index (χ0n) is 11.2. The van der Waals surface area contributed by atoms with Crippen molar-refractivity contribution in [3.63, 3.8) is 0 Å². The summed E-state index contributed by atoms with van der Waals surface area (Å²) in [5, 5.41) is 13.5. The van der Waals surface area contributed by atoms with E-state index >= 15 is 0 Å². The molecule has 1 aliphatic carbocycles. The van der Waals surface area contributed by atoms with Gasteiger partial charge in [0, 0.05) is 18.5 Å². The summed E-state index contributed by atoms with van der Waals surface area (Å²) in [6.45, 7) is 6.51. The Hall–Kier alpha value is -0.610. The van der Waals surface area contributed by atoms with E-state index < -0.39 is 5.60 Å². The van der Waals surface area contributed by atoms with E-state index in [1.807, 2.05) is 20.8 Å². The molecule has 100 valence electrons. The van der Waals surface area contributed by atoms with Gasteiger partial charge in [-0.15, -0.1) is 0 Å². The molecule has 4 N–H and O–H groups in total. The first kappa shape index (κ1) is 14.5. The van der Waals surface area contributed by atoms with E-state index in [0.717, 1.165) is 25.7 Å². The van der Waals surface area contributed by atoms with Crippen molar-refractivity contribution in [3.05, 3.63) is 0 Å². The number of rotatable bonds is 5. The maximum absolute atomic E-state index is 11.0. The first-order chi connectivity index (χ1) is 7.83. The highest BCUT2D eigenvalue weighted by atomic mass is 16.3. The Kier molecular flexibility index (Phi) is 4.95. The molecular weight excluding hydrogens is 216 g/mol. The van der Waals surface area contributed by atoms with Crippen molar-refractivity contribution in [3.8, 4) is 0 Å². The second kappa shape index (κ2) is 5.83. The second-order valence-electron chi connectivity index (χ2n) is 5.84. The number of nitrogens with one attached hydrogen (secondary N) is 1. The van der Waals surface area contributed by atoms with Crippen molar-refractivity contribution in [2.24, 2.45) is 17.6 Å². The molecule has 1 amide bonds. The minimum absolute atomic E-state index is 0.0543. The Bertz CT molecular complexity index is 256. The lowest BCUT2D eigenvalue weighted by Crippen LogP contribution is -2.47. The van der Waals surface area contributed by atoms with Crippen molar-refractivity contribution >= 4 is 5.91 Å². The highest BCUT2D eigenvalue weighted by Crippen LogP contribution is 2.24. The molecule has 0 bridgehead atoms. The van der Waals surface area contributed by atoms with Crippen LogP contribution < -0.4 is 11.1 Å². The van der Waals surface area contributed by atoms with Gasteiger partial charge in [-0.1, -0.05) is 13.8 Å². The van der Waals surface area contributed by atoms with Crippen LogP contribution in [0.5, 0.6) is 0 Å². The van der Waals surface area contributed by atoms with E-state index in [2.05, 4.69) is 5.32 Å². The Labute approximate surface area is 104 Å². The number of hydrogen-bond donors (Lipinski definition) is 3. The van der Waals surface area contributed by atoms with Crippen LogP contribution in [0.2, 0.25) is 0 Å². The maximum Gasteiger partial charge on any atom is 0.220 e. The van der Waals surface area contributed by atoms with Gasteiger partial charge >= 0.3 is 0 Å². The molecule has 0 aromatic carbocycles. The Morgan fingerprint density at radius 3 is 2.35 bits per heavy atom. The highest BCUT2D eigenvalue weighted by Gasteiger charge is 2.28. The Morgan fingerprint density at radius 2 is 1.94 bits per heavy atom. The third-order valence-electron chi connectivity index (χ3n) is 4.12. The number of hydrogen-bond acceptors (Lipinski definition) is 3. The van der Waals surface area contributed by atoms with Gasteiger partial charge in [0.1, 0.15) is 0 Å². The molecule has 4 heteroatoms. The monoisotopic (exact) mass is 242 g/mol. The molecule has 17 heavy (non-hydrogen) atoms. The van der Waals surface area contributed by atoms with Gasteiger partial charge in [-0.25, -0.2) is 0 Å². The molecule has 0 radical (unpaired) electrons. The van der Waals surface area contributed by atoms with Crippen LogP contribution in [0.1, 0.15) is 46.5 Å². The third kappa shape index (κ3) is 4.28. The number of amides is 1. The van der Waals surface area contributed by atoms with Crippen molar-refractivity contribution in [1.29, 1.82) is 0 Å². The fourth-order valence-electron chi connectivity index (χ4n) is 2.14. The number of carbonyl (C=O) groups is 1. The van der Waals surface area contributed by atoms with Gasteiger partial charge in [-0.05, 0) is 38.5 Å². The summed E-state index contributed by atoms with van der Waals surface area (Å²) in [4.78, 5) is 11.0. The molecule has 0 heterocycles. The van der Waals surface area contributed by atoms with Gasteiger partial charge < -0.3 is 16.2 Å². The van der Waals surface area contributed by atoms with Crippen molar-refractivity contribution < 1.29 is 9.90 Å². The molecule has 1 fully saturated rings.